The van der Waals surface area contributed by atoms with E-state index in [0.29, 0.717) is 24.4 Å². The minimum Gasteiger partial charge on any atom is -0.339 e. The van der Waals surface area contributed by atoms with Crippen molar-refractivity contribution >= 4 is 17.2 Å². The Bertz CT molecular complexity index is 439. The Hall–Kier alpha value is -0.870. The van der Waals surface area contributed by atoms with Crippen molar-refractivity contribution in [2.75, 3.05) is 19.6 Å². The molecule has 110 valence electrons. The van der Waals surface area contributed by atoms with Crippen LogP contribution in [0.4, 0.5) is 0 Å². The van der Waals surface area contributed by atoms with Gasteiger partial charge in [-0.1, -0.05) is 6.42 Å². The fourth-order valence-corrected chi connectivity index (χ4v) is 4.08. The molecule has 0 aliphatic carbocycles. The number of likely N-dealkylation sites (tertiary alicyclic amines) is 2. The van der Waals surface area contributed by atoms with Gasteiger partial charge in [0.25, 0.3) is 0 Å². The van der Waals surface area contributed by atoms with E-state index in [-0.39, 0.29) is 0 Å². The van der Waals surface area contributed by atoms with E-state index in [9.17, 15) is 4.79 Å². The molecule has 2 aliphatic rings. The Morgan fingerprint density at radius 2 is 2.25 bits per heavy atom. The lowest BCUT2D eigenvalue weighted by atomic mass is 9.97. The maximum Gasteiger partial charge on any atom is 0.223 e. The van der Waals surface area contributed by atoms with Crippen LogP contribution in [0.2, 0.25) is 0 Å². The van der Waals surface area contributed by atoms with Crippen LogP contribution >= 0.6 is 11.3 Å². The average molecular weight is 292 g/mol. The van der Waals surface area contributed by atoms with Crippen LogP contribution in [0.25, 0.3) is 0 Å². The molecule has 0 saturated carbocycles. The normalized spacial score (nSPS) is 24.6. The number of thiophene rings is 1. The first-order valence-corrected chi connectivity index (χ1v) is 8.73. The van der Waals surface area contributed by atoms with Gasteiger partial charge in [-0.25, -0.2) is 0 Å². The third-order valence-electron chi connectivity index (χ3n) is 4.75. The van der Waals surface area contributed by atoms with Crippen molar-refractivity contribution in [1.82, 2.24) is 9.80 Å². The highest BCUT2D eigenvalue weighted by Crippen LogP contribution is 2.25. The van der Waals surface area contributed by atoms with Gasteiger partial charge in [-0.3, -0.25) is 9.69 Å². The molecular formula is C16H24N2OS. The van der Waals surface area contributed by atoms with Crippen molar-refractivity contribution in [2.24, 2.45) is 0 Å². The summed E-state index contributed by atoms with van der Waals surface area (Å²) in [6.45, 7) is 5.46. The second-order valence-corrected chi connectivity index (χ2v) is 6.95. The van der Waals surface area contributed by atoms with Crippen molar-refractivity contribution in [3.63, 3.8) is 0 Å². The minimum absolute atomic E-state index is 0.331. The van der Waals surface area contributed by atoms with E-state index < -0.39 is 0 Å². The Morgan fingerprint density at radius 1 is 1.40 bits per heavy atom. The molecule has 3 heterocycles. The predicted octanol–water partition coefficient (Wildman–Crippen LogP) is 2.77. The van der Waals surface area contributed by atoms with Crippen molar-refractivity contribution in [3.05, 3.63) is 22.4 Å². The lowest BCUT2D eigenvalue weighted by Gasteiger charge is -2.49. The van der Waals surface area contributed by atoms with E-state index >= 15 is 0 Å². The topological polar surface area (TPSA) is 23.6 Å². The molecule has 0 bridgehead atoms. The van der Waals surface area contributed by atoms with E-state index in [1.165, 1.54) is 31.4 Å². The number of amides is 1. The maximum absolute atomic E-state index is 12.1. The van der Waals surface area contributed by atoms with Crippen molar-refractivity contribution in [1.29, 1.82) is 0 Å². The Morgan fingerprint density at radius 3 is 2.95 bits per heavy atom. The first kappa shape index (κ1) is 14.1. The van der Waals surface area contributed by atoms with Gasteiger partial charge >= 0.3 is 0 Å². The molecule has 2 saturated heterocycles. The lowest BCUT2D eigenvalue weighted by molar-refractivity contribution is -0.139. The number of hydrogen-bond acceptors (Lipinski definition) is 3. The molecule has 0 aromatic carbocycles. The number of carbonyl (C=O) groups excluding carboxylic acids is 1. The van der Waals surface area contributed by atoms with Gasteiger partial charge in [-0.05, 0) is 55.1 Å². The summed E-state index contributed by atoms with van der Waals surface area (Å²) < 4.78 is 0. The predicted molar refractivity (Wildman–Crippen MR) is 83.0 cm³/mol. The van der Waals surface area contributed by atoms with Crippen LogP contribution in [0.5, 0.6) is 0 Å². The number of hydrogen-bond donors (Lipinski definition) is 0. The first-order chi connectivity index (χ1) is 9.74. The molecule has 3 nitrogen and oxygen atoms in total. The van der Waals surface area contributed by atoms with Crippen LogP contribution in [-0.4, -0.2) is 47.4 Å². The van der Waals surface area contributed by atoms with E-state index in [0.717, 1.165) is 19.5 Å². The molecule has 2 fully saturated rings. The smallest absolute Gasteiger partial charge is 0.223 e. The second-order valence-electron chi connectivity index (χ2n) is 6.17. The highest BCUT2D eigenvalue weighted by molar-refractivity contribution is 7.07. The van der Waals surface area contributed by atoms with Crippen LogP contribution in [0.15, 0.2) is 16.8 Å². The van der Waals surface area contributed by atoms with Gasteiger partial charge in [-0.2, -0.15) is 11.3 Å². The Labute approximate surface area is 125 Å². The van der Waals surface area contributed by atoms with Gasteiger partial charge in [0.15, 0.2) is 0 Å². The molecule has 0 radical (unpaired) electrons. The zero-order chi connectivity index (χ0) is 13.9. The zero-order valence-electron chi connectivity index (χ0n) is 12.3. The molecule has 1 aromatic rings. The summed E-state index contributed by atoms with van der Waals surface area (Å²) in [7, 11) is 0. The molecule has 0 spiro atoms. The van der Waals surface area contributed by atoms with Gasteiger partial charge in [-0.15, -0.1) is 0 Å². The van der Waals surface area contributed by atoms with E-state index in [2.05, 4.69) is 28.7 Å². The lowest BCUT2D eigenvalue weighted by Crippen LogP contribution is -2.63. The molecule has 1 atom stereocenters. The molecule has 0 unspecified atom stereocenters. The van der Waals surface area contributed by atoms with Gasteiger partial charge in [0.05, 0.1) is 0 Å². The number of rotatable bonds is 4. The molecule has 2 aliphatic heterocycles. The summed E-state index contributed by atoms with van der Waals surface area (Å²) in [5.74, 6) is 0.331. The van der Waals surface area contributed by atoms with Gasteiger partial charge in [0, 0.05) is 31.6 Å². The van der Waals surface area contributed by atoms with Crippen LogP contribution < -0.4 is 0 Å². The average Bonchev–Trinajstić information content (AvgIpc) is 2.90. The second kappa shape index (κ2) is 6.27. The fraction of sp³-hybridized carbons (Fsp3) is 0.688. The summed E-state index contributed by atoms with van der Waals surface area (Å²) >= 11 is 1.71. The van der Waals surface area contributed by atoms with Crippen LogP contribution in [-0.2, 0) is 11.2 Å². The number of nitrogens with zero attached hydrogens (tertiary/aromatic N) is 2. The summed E-state index contributed by atoms with van der Waals surface area (Å²) in [5.41, 5.74) is 1.30. The minimum atomic E-state index is 0.331. The highest BCUT2D eigenvalue weighted by Gasteiger charge is 2.36. The number of piperidine rings is 1. The molecule has 0 N–H and O–H groups in total. The summed E-state index contributed by atoms with van der Waals surface area (Å²) in [6.07, 6.45) is 5.58. The molecule has 4 heteroatoms. The third-order valence-corrected chi connectivity index (χ3v) is 5.48. The Balaban J connectivity index is 1.41. The fourth-order valence-electron chi connectivity index (χ4n) is 3.38. The Kier molecular flexibility index (Phi) is 4.41. The standard InChI is InChI=1S/C16H24N2OS/c1-13-4-2-3-8-18(13)15-10-17(11-15)16(19)6-5-14-7-9-20-12-14/h7,9,12-13,15H,2-6,8,10-11H2,1H3/t13-/m0/s1. The molecule has 1 amide bonds. The van der Waals surface area contributed by atoms with Gasteiger partial charge in [0.1, 0.15) is 0 Å². The molecule has 20 heavy (non-hydrogen) atoms. The maximum atomic E-state index is 12.1. The van der Waals surface area contributed by atoms with Gasteiger partial charge < -0.3 is 4.90 Å². The molecule has 3 rings (SSSR count). The van der Waals surface area contributed by atoms with Crippen molar-refractivity contribution < 1.29 is 4.79 Å². The molecular weight excluding hydrogens is 268 g/mol. The van der Waals surface area contributed by atoms with Crippen molar-refractivity contribution in [3.8, 4) is 0 Å². The monoisotopic (exact) mass is 292 g/mol. The van der Waals surface area contributed by atoms with Crippen LogP contribution in [0.3, 0.4) is 0 Å². The van der Waals surface area contributed by atoms with E-state index in [1.807, 2.05) is 4.90 Å². The number of aryl methyl sites for hydroxylation is 1. The summed E-state index contributed by atoms with van der Waals surface area (Å²) in [5, 5.41) is 4.22. The van der Waals surface area contributed by atoms with E-state index in [4.69, 9.17) is 0 Å². The van der Waals surface area contributed by atoms with Gasteiger partial charge in [0.2, 0.25) is 5.91 Å². The zero-order valence-corrected chi connectivity index (χ0v) is 13.1. The SMILES string of the molecule is C[C@H]1CCCCN1C1CN(C(=O)CCc2ccsc2)C1. The quantitative estimate of drug-likeness (QED) is 0.852. The first-order valence-electron chi connectivity index (χ1n) is 7.78. The van der Waals surface area contributed by atoms with Crippen LogP contribution in [0.1, 0.15) is 38.2 Å². The van der Waals surface area contributed by atoms with Crippen LogP contribution in [0, 0.1) is 0 Å². The number of carbonyl (C=O) groups is 1. The molecule has 1 aromatic heterocycles. The largest absolute Gasteiger partial charge is 0.339 e. The van der Waals surface area contributed by atoms with Crippen molar-refractivity contribution in [2.45, 2.75) is 51.1 Å². The summed E-state index contributed by atoms with van der Waals surface area (Å²) in [4.78, 5) is 16.8. The summed E-state index contributed by atoms with van der Waals surface area (Å²) in [6, 6.07) is 3.44. The highest BCUT2D eigenvalue weighted by atomic mass is 32.1. The third kappa shape index (κ3) is 3.07. The van der Waals surface area contributed by atoms with E-state index in [1.54, 1.807) is 11.3 Å².